The molecule has 0 atom stereocenters. The molecule has 4 nitrogen and oxygen atoms in total. The first kappa shape index (κ1) is 25.9. The molecule has 0 aliphatic heterocycles. The van der Waals surface area contributed by atoms with Gasteiger partial charge in [-0.25, -0.2) is 0 Å². The van der Waals surface area contributed by atoms with Crippen LogP contribution < -0.4 is 0 Å². The van der Waals surface area contributed by atoms with Gasteiger partial charge in [-0.2, -0.15) is 0 Å². The molecule has 0 saturated carbocycles. The molecule has 0 radical (unpaired) electrons. The van der Waals surface area contributed by atoms with Gasteiger partial charge in [0.1, 0.15) is 0 Å². The van der Waals surface area contributed by atoms with E-state index < -0.39 is 0 Å². The number of ether oxygens (including phenoxy) is 2. The summed E-state index contributed by atoms with van der Waals surface area (Å²) in [6, 6.07) is 0. The highest BCUT2D eigenvalue weighted by Crippen LogP contribution is 2.26. The second kappa shape index (κ2) is 14.9. The third-order valence-corrected chi connectivity index (χ3v) is 3.93. The number of rotatable bonds is 8. The second-order valence-electron chi connectivity index (χ2n) is 5.25. The fourth-order valence-electron chi connectivity index (χ4n) is 1.73. The van der Waals surface area contributed by atoms with Crippen LogP contribution in [0.2, 0.25) is 0 Å². The lowest BCUT2D eigenvalue weighted by Gasteiger charge is -2.23. The highest BCUT2D eigenvalue weighted by molar-refractivity contribution is 5.76. The summed E-state index contributed by atoms with van der Waals surface area (Å²) in [4.78, 5) is 22.3. The predicted molar refractivity (Wildman–Crippen MR) is 92.8 cm³/mol. The number of carbonyl (C=O) groups is 2. The van der Waals surface area contributed by atoms with Crippen LogP contribution >= 0.6 is 0 Å². The molecule has 0 aliphatic rings. The van der Waals surface area contributed by atoms with Crippen LogP contribution in [0.4, 0.5) is 0 Å². The van der Waals surface area contributed by atoms with Crippen molar-refractivity contribution in [3.63, 3.8) is 0 Å². The molecular formula is C18H38O4. The smallest absolute Gasteiger partial charge is 0.311 e. The lowest BCUT2D eigenvalue weighted by molar-refractivity contribution is -0.154. The summed E-state index contributed by atoms with van der Waals surface area (Å²) in [5, 5.41) is 0. The Morgan fingerprint density at radius 3 is 1.55 bits per heavy atom. The van der Waals surface area contributed by atoms with E-state index in [1.807, 2.05) is 48.5 Å². The van der Waals surface area contributed by atoms with Crippen LogP contribution in [0, 0.1) is 11.3 Å². The molecule has 0 aliphatic carbocycles. The first-order chi connectivity index (χ1) is 9.86. The molecule has 4 heteroatoms. The van der Waals surface area contributed by atoms with E-state index in [0.29, 0.717) is 13.2 Å². The molecule has 0 aromatic heterocycles. The summed E-state index contributed by atoms with van der Waals surface area (Å²) >= 11 is 0. The van der Waals surface area contributed by atoms with E-state index >= 15 is 0 Å². The first-order valence-electron chi connectivity index (χ1n) is 8.20. The maximum Gasteiger partial charge on any atom is 0.311 e. The average molecular weight is 318 g/mol. The molecule has 0 spiro atoms. The van der Waals surface area contributed by atoms with Crippen LogP contribution in [-0.2, 0) is 19.1 Å². The molecule has 0 aromatic carbocycles. The van der Waals surface area contributed by atoms with Gasteiger partial charge in [-0.1, -0.05) is 35.1 Å². The summed E-state index contributed by atoms with van der Waals surface area (Å²) in [7, 11) is 0. The Bertz CT molecular complexity index is 279. The maximum atomic E-state index is 11.3. The summed E-state index contributed by atoms with van der Waals surface area (Å²) in [5.41, 5.74) is -0.268. The third-order valence-electron chi connectivity index (χ3n) is 3.93. The second-order valence-corrected chi connectivity index (χ2v) is 5.25. The van der Waals surface area contributed by atoms with E-state index in [-0.39, 0.29) is 30.7 Å². The zero-order chi connectivity index (χ0) is 16.9. The Kier molecular flexibility index (Phi) is 17.5. The topological polar surface area (TPSA) is 52.6 Å². The third kappa shape index (κ3) is 9.80. The first-order valence-corrected chi connectivity index (χ1v) is 8.20. The highest BCUT2D eigenvalue weighted by atomic mass is 16.5. The van der Waals surface area contributed by atoms with Crippen molar-refractivity contribution in [2.24, 2.45) is 11.3 Å². The van der Waals surface area contributed by atoms with Crippen molar-refractivity contribution in [3.8, 4) is 0 Å². The molecule has 22 heavy (non-hydrogen) atoms. The van der Waals surface area contributed by atoms with Gasteiger partial charge in [-0.05, 0) is 46.5 Å². The van der Waals surface area contributed by atoms with Crippen molar-refractivity contribution in [1.82, 2.24) is 0 Å². The van der Waals surface area contributed by atoms with Gasteiger partial charge in [0.25, 0.3) is 0 Å². The van der Waals surface area contributed by atoms with Gasteiger partial charge in [0.2, 0.25) is 0 Å². The van der Waals surface area contributed by atoms with Crippen molar-refractivity contribution in [2.75, 3.05) is 13.2 Å². The van der Waals surface area contributed by atoms with Gasteiger partial charge >= 0.3 is 11.9 Å². The largest absolute Gasteiger partial charge is 0.466 e. The molecule has 0 fully saturated rings. The molecule has 0 N–H and O–H groups in total. The monoisotopic (exact) mass is 318 g/mol. The molecule has 0 aromatic rings. The SMILES string of the molecule is C.CCOC(=O)C(C)(CC)CC.CCOC(=O)C(CC)CC. The van der Waals surface area contributed by atoms with Crippen molar-refractivity contribution in [2.45, 2.75) is 81.6 Å². The lowest BCUT2D eigenvalue weighted by Crippen LogP contribution is -2.28. The lowest BCUT2D eigenvalue weighted by atomic mass is 9.85. The maximum absolute atomic E-state index is 11.3. The Morgan fingerprint density at radius 1 is 0.864 bits per heavy atom. The number of esters is 2. The molecule has 0 bridgehead atoms. The molecule has 134 valence electrons. The van der Waals surface area contributed by atoms with E-state index in [9.17, 15) is 9.59 Å². The number of carbonyl (C=O) groups excluding carboxylic acids is 2. The summed E-state index contributed by atoms with van der Waals surface area (Å²) in [5.74, 6) is -0.00236. The van der Waals surface area contributed by atoms with Crippen molar-refractivity contribution in [3.05, 3.63) is 0 Å². The van der Waals surface area contributed by atoms with Crippen molar-refractivity contribution < 1.29 is 19.1 Å². The van der Waals surface area contributed by atoms with Crippen LogP contribution in [0.5, 0.6) is 0 Å². The minimum Gasteiger partial charge on any atom is -0.466 e. The van der Waals surface area contributed by atoms with Gasteiger partial charge in [0, 0.05) is 0 Å². The number of hydrogen-bond donors (Lipinski definition) is 0. The molecule has 0 amide bonds. The molecule has 0 heterocycles. The zero-order valence-corrected chi connectivity index (χ0v) is 15.0. The molecule has 0 saturated heterocycles. The fraction of sp³-hybridized carbons (Fsp3) is 0.889. The van der Waals surface area contributed by atoms with Crippen molar-refractivity contribution in [1.29, 1.82) is 0 Å². The van der Waals surface area contributed by atoms with Crippen molar-refractivity contribution >= 4 is 11.9 Å². The van der Waals surface area contributed by atoms with Crippen LogP contribution in [0.25, 0.3) is 0 Å². The molecule has 0 unspecified atom stereocenters. The summed E-state index contributed by atoms with van der Waals surface area (Å²) in [6.07, 6.45) is 3.47. The van der Waals surface area contributed by atoms with E-state index in [2.05, 4.69) is 0 Å². The van der Waals surface area contributed by atoms with Crippen LogP contribution in [-0.4, -0.2) is 25.2 Å². The Hall–Kier alpha value is -1.06. The van der Waals surface area contributed by atoms with E-state index in [1.54, 1.807) is 0 Å². The Balaban J connectivity index is -0.000000315. The minimum atomic E-state index is -0.268. The van der Waals surface area contributed by atoms with Gasteiger partial charge in [-0.15, -0.1) is 0 Å². The normalized spacial score (nSPS) is 10.2. The summed E-state index contributed by atoms with van der Waals surface area (Å²) < 4.78 is 9.80. The fourth-order valence-corrected chi connectivity index (χ4v) is 1.73. The van der Waals surface area contributed by atoms with E-state index in [0.717, 1.165) is 25.7 Å². The molecule has 0 rings (SSSR count). The van der Waals surface area contributed by atoms with Gasteiger partial charge in [0.05, 0.1) is 24.5 Å². The van der Waals surface area contributed by atoms with Crippen LogP contribution in [0.15, 0.2) is 0 Å². The summed E-state index contributed by atoms with van der Waals surface area (Å²) in [6.45, 7) is 14.6. The average Bonchev–Trinajstić information content (AvgIpc) is 2.49. The van der Waals surface area contributed by atoms with Gasteiger partial charge in [0.15, 0.2) is 0 Å². The zero-order valence-electron chi connectivity index (χ0n) is 15.0. The molecular weight excluding hydrogens is 280 g/mol. The predicted octanol–water partition coefficient (Wildman–Crippen LogP) is 5.00. The number of hydrogen-bond acceptors (Lipinski definition) is 4. The van der Waals surface area contributed by atoms with E-state index in [1.165, 1.54) is 0 Å². The Labute approximate surface area is 138 Å². The van der Waals surface area contributed by atoms with Crippen LogP contribution in [0.3, 0.4) is 0 Å². The van der Waals surface area contributed by atoms with Crippen LogP contribution in [0.1, 0.15) is 81.6 Å². The quantitative estimate of drug-likeness (QED) is 0.591. The van der Waals surface area contributed by atoms with Gasteiger partial charge in [-0.3, -0.25) is 9.59 Å². The standard InChI is InChI=1S/C9H18O2.C8H16O2.CH4/c1-5-9(4,6-2)8(10)11-7-3;1-4-7(5-2)8(9)10-6-3;/h5-7H2,1-4H3;7H,4-6H2,1-3H3;1H4. The van der Waals surface area contributed by atoms with E-state index in [4.69, 9.17) is 9.47 Å². The van der Waals surface area contributed by atoms with Gasteiger partial charge < -0.3 is 9.47 Å². The Morgan fingerprint density at radius 2 is 1.27 bits per heavy atom. The minimum absolute atomic E-state index is 0. The highest BCUT2D eigenvalue weighted by Gasteiger charge is 2.30.